The van der Waals surface area contributed by atoms with E-state index in [4.69, 9.17) is 4.74 Å². The number of carbonyl (C=O) groups is 2. The lowest BCUT2D eigenvalue weighted by atomic mass is 10.1. The smallest absolute Gasteiger partial charge is 0.309 e. The largest absolute Gasteiger partial charge is 0.497 e. The van der Waals surface area contributed by atoms with Gasteiger partial charge in [0.15, 0.2) is 0 Å². The summed E-state index contributed by atoms with van der Waals surface area (Å²) < 4.78 is 17.9. The van der Waals surface area contributed by atoms with Gasteiger partial charge in [0.05, 0.1) is 13.2 Å². The summed E-state index contributed by atoms with van der Waals surface area (Å²) in [5.41, 5.74) is 1.75. The van der Waals surface area contributed by atoms with Crippen LogP contribution in [0.15, 0.2) is 48.5 Å². The van der Waals surface area contributed by atoms with E-state index in [-0.39, 0.29) is 11.9 Å². The van der Waals surface area contributed by atoms with Crippen LogP contribution < -0.4 is 15.4 Å². The van der Waals surface area contributed by atoms with Crippen LogP contribution in [0.25, 0.3) is 0 Å². The van der Waals surface area contributed by atoms with Gasteiger partial charge in [-0.25, -0.2) is 4.39 Å². The van der Waals surface area contributed by atoms with E-state index in [2.05, 4.69) is 10.6 Å². The van der Waals surface area contributed by atoms with Crippen molar-refractivity contribution in [1.29, 1.82) is 0 Å². The molecule has 5 nitrogen and oxygen atoms in total. The van der Waals surface area contributed by atoms with Crippen LogP contribution in [0.4, 0.5) is 4.39 Å². The number of carbonyl (C=O) groups excluding carboxylic acids is 2. The van der Waals surface area contributed by atoms with Crippen molar-refractivity contribution >= 4 is 11.8 Å². The van der Waals surface area contributed by atoms with Gasteiger partial charge in [-0.05, 0) is 48.7 Å². The molecule has 1 atom stereocenters. The summed E-state index contributed by atoms with van der Waals surface area (Å²) in [5, 5.41) is 5.20. The Labute approximate surface area is 146 Å². The van der Waals surface area contributed by atoms with Gasteiger partial charge >= 0.3 is 11.8 Å². The standard InChI is InChI=1S/C19H21FN2O3/c1-13(15-5-9-17(25-2)10-6-15)22-19(24)18(23)21-12-11-14-3-7-16(20)8-4-14/h3-10,13H,11-12H2,1-2H3,(H,21,23)(H,22,24). The van der Waals surface area contributed by atoms with E-state index in [0.717, 1.165) is 16.9 Å². The Balaban J connectivity index is 1.78. The Morgan fingerprint density at radius 1 is 1.04 bits per heavy atom. The van der Waals surface area contributed by atoms with E-state index in [1.54, 1.807) is 38.3 Å². The summed E-state index contributed by atoms with van der Waals surface area (Å²) in [6.07, 6.45) is 0.521. The number of methoxy groups -OCH3 is 1. The van der Waals surface area contributed by atoms with Gasteiger partial charge in [0.1, 0.15) is 11.6 Å². The number of halogens is 1. The number of benzene rings is 2. The van der Waals surface area contributed by atoms with Crippen LogP contribution in [0.2, 0.25) is 0 Å². The fourth-order valence-electron chi connectivity index (χ4n) is 2.29. The van der Waals surface area contributed by atoms with E-state index in [0.29, 0.717) is 13.0 Å². The molecular weight excluding hydrogens is 323 g/mol. The highest BCUT2D eigenvalue weighted by Gasteiger charge is 2.16. The van der Waals surface area contributed by atoms with Gasteiger partial charge < -0.3 is 15.4 Å². The molecule has 0 aliphatic heterocycles. The first kappa shape index (κ1) is 18.4. The topological polar surface area (TPSA) is 67.4 Å². The average molecular weight is 344 g/mol. The Bertz CT molecular complexity index is 714. The number of hydrogen-bond donors (Lipinski definition) is 2. The zero-order valence-electron chi connectivity index (χ0n) is 14.2. The van der Waals surface area contributed by atoms with Crippen molar-refractivity contribution < 1.29 is 18.7 Å². The van der Waals surface area contributed by atoms with Gasteiger partial charge in [0, 0.05) is 6.54 Å². The Morgan fingerprint density at radius 3 is 2.28 bits per heavy atom. The summed E-state index contributed by atoms with van der Waals surface area (Å²) >= 11 is 0. The SMILES string of the molecule is COc1ccc(C(C)NC(=O)C(=O)NCCc2ccc(F)cc2)cc1. The maximum atomic E-state index is 12.8. The van der Waals surface area contributed by atoms with Gasteiger partial charge in [0.25, 0.3) is 0 Å². The molecule has 132 valence electrons. The third kappa shape index (κ3) is 5.60. The van der Waals surface area contributed by atoms with Crippen molar-refractivity contribution in [3.8, 4) is 5.75 Å². The van der Waals surface area contributed by atoms with Crippen LogP contribution in [0.3, 0.4) is 0 Å². The molecule has 0 bridgehead atoms. The maximum absolute atomic E-state index is 12.8. The first-order chi connectivity index (χ1) is 12.0. The summed E-state index contributed by atoms with van der Waals surface area (Å²) in [4.78, 5) is 23.8. The molecule has 0 saturated carbocycles. The number of ether oxygens (including phenoxy) is 1. The number of nitrogens with one attached hydrogen (secondary N) is 2. The molecule has 2 rings (SSSR count). The van der Waals surface area contributed by atoms with Crippen molar-refractivity contribution in [3.63, 3.8) is 0 Å². The lowest BCUT2D eigenvalue weighted by Crippen LogP contribution is -2.41. The summed E-state index contributed by atoms with van der Waals surface area (Å²) in [6, 6.07) is 13.0. The normalized spacial score (nSPS) is 11.5. The number of rotatable bonds is 6. The van der Waals surface area contributed by atoms with Crippen LogP contribution in [0, 0.1) is 5.82 Å². The molecule has 0 radical (unpaired) electrons. The molecule has 2 aromatic carbocycles. The summed E-state index contributed by atoms with van der Waals surface area (Å²) in [7, 11) is 1.58. The van der Waals surface area contributed by atoms with Gasteiger partial charge in [-0.2, -0.15) is 0 Å². The minimum absolute atomic E-state index is 0.300. The van der Waals surface area contributed by atoms with Crippen LogP contribution in [0.1, 0.15) is 24.1 Å². The van der Waals surface area contributed by atoms with Gasteiger partial charge in [-0.1, -0.05) is 24.3 Å². The van der Waals surface area contributed by atoms with E-state index in [1.165, 1.54) is 12.1 Å². The second-order valence-electron chi connectivity index (χ2n) is 5.60. The molecule has 1 unspecified atom stereocenters. The molecule has 2 N–H and O–H groups in total. The zero-order valence-corrected chi connectivity index (χ0v) is 14.2. The lowest BCUT2D eigenvalue weighted by Gasteiger charge is -2.14. The Morgan fingerprint density at radius 2 is 1.68 bits per heavy atom. The minimum Gasteiger partial charge on any atom is -0.497 e. The van der Waals surface area contributed by atoms with Gasteiger partial charge in [-0.15, -0.1) is 0 Å². The monoisotopic (exact) mass is 344 g/mol. The van der Waals surface area contributed by atoms with E-state index >= 15 is 0 Å². The molecule has 0 aliphatic carbocycles. The second-order valence-corrected chi connectivity index (χ2v) is 5.60. The fourth-order valence-corrected chi connectivity index (χ4v) is 2.29. The Hall–Kier alpha value is -2.89. The summed E-state index contributed by atoms with van der Waals surface area (Å²) in [6.45, 7) is 2.10. The van der Waals surface area contributed by atoms with Crippen molar-refractivity contribution in [2.24, 2.45) is 0 Å². The van der Waals surface area contributed by atoms with Crippen molar-refractivity contribution in [2.75, 3.05) is 13.7 Å². The van der Waals surface area contributed by atoms with Crippen molar-refractivity contribution in [2.45, 2.75) is 19.4 Å². The van der Waals surface area contributed by atoms with E-state index in [1.807, 2.05) is 12.1 Å². The quantitative estimate of drug-likeness (QED) is 0.791. The predicted octanol–water partition coefficient (Wildman–Crippen LogP) is 2.37. The molecule has 6 heteroatoms. The lowest BCUT2D eigenvalue weighted by molar-refractivity contribution is -0.139. The molecule has 0 heterocycles. The molecule has 25 heavy (non-hydrogen) atoms. The van der Waals surface area contributed by atoms with Gasteiger partial charge in [-0.3, -0.25) is 9.59 Å². The third-order valence-corrected chi connectivity index (χ3v) is 3.78. The molecule has 0 spiro atoms. The Kier molecular flexibility index (Phi) is 6.51. The molecule has 2 aromatic rings. The predicted molar refractivity (Wildman–Crippen MR) is 92.7 cm³/mol. The first-order valence-electron chi connectivity index (χ1n) is 7.96. The van der Waals surface area contributed by atoms with Crippen molar-refractivity contribution in [1.82, 2.24) is 10.6 Å². The molecule has 0 aromatic heterocycles. The number of amides is 2. The van der Waals surface area contributed by atoms with Crippen LogP contribution in [-0.4, -0.2) is 25.5 Å². The zero-order chi connectivity index (χ0) is 18.2. The molecule has 0 aliphatic rings. The maximum Gasteiger partial charge on any atom is 0.309 e. The molecular formula is C19H21FN2O3. The first-order valence-corrected chi connectivity index (χ1v) is 7.96. The van der Waals surface area contributed by atoms with Gasteiger partial charge in [0.2, 0.25) is 0 Å². The van der Waals surface area contributed by atoms with Crippen LogP contribution in [-0.2, 0) is 16.0 Å². The minimum atomic E-state index is -0.692. The van der Waals surface area contributed by atoms with E-state index < -0.39 is 11.8 Å². The fraction of sp³-hybridized carbons (Fsp3) is 0.263. The highest BCUT2D eigenvalue weighted by atomic mass is 19.1. The average Bonchev–Trinajstić information content (AvgIpc) is 2.63. The highest BCUT2D eigenvalue weighted by molar-refractivity contribution is 6.35. The van der Waals surface area contributed by atoms with Crippen LogP contribution in [0.5, 0.6) is 5.75 Å². The van der Waals surface area contributed by atoms with Crippen LogP contribution >= 0.6 is 0 Å². The number of hydrogen-bond acceptors (Lipinski definition) is 3. The van der Waals surface area contributed by atoms with E-state index in [9.17, 15) is 14.0 Å². The molecule has 0 fully saturated rings. The third-order valence-electron chi connectivity index (χ3n) is 3.78. The highest BCUT2D eigenvalue weighted by Crippen LogP contribution is 2.17. The molecule has 0 saturated heterocycles. The van der Waals surface area contributed by atoms with Crippen molar-refractivity contribution in [3.05, 3.63) is 65.5 Å². The molecule has 2 amide bonds. The summed E-state index contributed by atoms with van der Waals surface area (Å²) in [5.74, 6) is -0.967. The second kappa shape index (κ2) is 8.82.